The molecule has 2 heteroatoms. The smallest absolute Gasteiger partial charge is 0.0319 e. The quantitative estimate of drug-likeness (QED) is 0.257. The van der Waals surface area contributed by atoms with E-state index in [1.807, 2.05) is 0 Å². The van der Waals surface area contributed by atoms with Gasteiger partial charge in [0, 0.05) is 12.5 Å². The summed E-state index contributed by atoms with van der Waals surface area (Å²) in [5, 5.41) is 0. The number of unbranched alkanes of at least 4 members (excludes halogenated alkanes) is 5. The number of hydrazine groups is 1. The summed E-state index contributed by atoms with van der Waals surface area (Å²) in [5.74, 6) is 8.01. The largest absolute Gasteiger partial charge is 0.271 e. The first-order valence-corrected chi connectivity index (χ1v) is 5.74. The molecule has 0 aliphatic rings. The van der Waals surface area contributed by atoms with Gasteiger partial charge >= 0.3 is 0 Å². The minimum atomic E-state index is 0.311. The number of terminal acetylenes is 1. The van der Waals surface area contributed by atoms with Gasteiger partial charge in [-0.15, -0.1) is 12.3 Å². The Hall–Kier alpha value is -0.520. The monoisotopic (exact) mass is 196 g/mol. The standard InChI is InChI=1S/C12H24N2/c1-3-5-6-7-8-9-11-12(14-13)10-4-2/h2,12,14H,3,5-11,13H2,1H3. The maximum absolute atomic E-state index is 5.38. The molecule has 0 aliphatic heterocycles. The molecule has 0 bridgehead atoms. The van der Waals surface area contributed by atoms with Gasteiger partial charge in [0.05, 0.1) is 0 Å². The SMILES string of the molecule is C#CCC(CCCCCCCC)NN. The molecule has 1 unspecified atom stereocenters. The fourth-order valence-electron chi connectivity index (χ4n) is 1.56. The summed E-state index contributed by atoms with van der Waals surface area (Å²) in [5.41, 5.74) is 2.76. The number of nitrogens with one attached hydrogen (secondary N) is 1. The van der Waals surface area contributed by atoms with Crippen molar-refractivity contribution < 1.29 is 0 Å². The number of rotatable bonds is 9. The van der Waals surface area contributed by atoms with E-state index in [0.29, 0.717) is 6.04 Å². The van der Waals surface area contributed by atoms with Crippen LogP contribution >= 0.6 is 0 Å². The maximum atomic E-state index is 5.38. The first-order valence-electron chi connectivity index (χ1n) is 5.74. The lowest BCUT2D eigenvalue weighted by atomic mass is 10.0. The van der Waals surface area contributed by atoms with Crippen LogP contribution in [0.4, 0.5) is 0 Å². The average Bonchev–Trinajstić information content (AvgIpc) is 2.21. The second-order valence-corrected chi connectivity index (χ2v) is 3.83. The van der Waals surface area contributed by atoms with E-state index in [4.69, 9.17) is 12.3 Å². The molecule has 0 saturated heterocycles. The second kappa shape index (κ2) is 10.6. The molecular weight excluding hydrogens is 172 g/mol. The first-order chi connectivity index (χ1) is 6.85. The van der Waals surface area contributed by atoms with Gasteiger partial charge in [-0.05, 0) is 6.42 Å². The van der Waals surface area contributed by atoms with Crippen molar-refractivity contribution in [3.05, 3.63) is 0 Å². The topological polar surface area (TPSA) is 38.0 Å². The third-order valence-electron chi connectivity index (χ3n) is 2.51. The highest BCUT2D eigenvalue weighted by atomic mass is 15.2. The van der Waals surface area contributed by atoms with Crippen LogP contribution in [-0.4, -0.2) is 6.04 Å². The van der Waals surface area contributed by atoms with Gasteiger partial charge < -0.3 is 0 Å². The Morgan fingerprint density at radius 3 is 2.43 bits per heavy atom. The van der Waals surface area contributed by atoms with Crippen LogP contribution in [0.3, 0.4) is 0 Å². The predicted molar refractivity (Wildman–Crippen MR) is 62.6 cm³/mol. The van der Waals surface area contributed by atoms with Crippen LogP contribution in [0.25, 0.3) is 0 Å². The van der Waals surface area contributed by atoms with E-state index < -0.39 is 0 Å². The summed E-state index contributed by atoms with van der Waals surface area (Å²) in [6, 6.07) is 0.311. The molecule has 0 heterocycles. The zero-order valence-corrected chi connectivity index (χ0v) is 9.39. The molecular formula is C12H24N2. The number of hydrogen-bond donors (Lipinski definition) is 2. The predicted octanol–water partition coefficient (Wildman–Crippen LogP) is 2.59. The van der Waals surface area contributed by atoms with Gasteiger partial charge in [0.2, 0.25) is 0 Å². The maximum Gasteiger partial charge on any atom is 0.0319 e. The summed E-state index contributed by atoms with van der Waals surface area (Å²) in [6.07, 6.45) is 15.0. The Balaban J connectivity index is 3.21. The average molecular weight is 196 g/mol. The van der Waals surface area contributed by atoms with Crippen molar-refractivity contribution in [2.45, 2.75) is 64.3 Å². The minimum Gasteiger partial charge on any atom is -0.271 e. The van der Waals surface area contributed by atoms with Gasteiger partial charge in [0.15, 0.2) is 0 Å². The summed E-state index contributed by atoms with van der Waals surface area (Å²) in [7, 11) is 0. The fraction of sp³-hybridized carbons (Fsp3) is 0.833. The van der Waals surface area contributed by atoms with Crippen LogP contribution in [0.5, 0.6) is 0 Å². The van der Waals surface area contributed by atoms with Crippen molar-refractivity contribution in [1.29, 1.82) is 0 Å². The van der Waals surface area contributed by atoms with E-state index in [0.717, 1.165) is 12.8 Å². The molecule has 0 radical (unpaired) electrons. The van der Waals surface area contributed by atoms with Crippen LogP contribution < -0.4 is 11.3 Å². The molecule has 0 saturated carbocycles. The van der Waals surface area contributed by atoms with Gasteiger partial charge in [-0.2, -0.15) is 0 Å². The van der Waals surface area contributed by atoms with Crippen molar-refractivity contribution in [3.8, 4) is 12.3 Å². The van der Waals surface area contributed by atoms with E-state index >= 15 is 0 Å². The molecule has 0 aromatic rings. The van der Waals surface area contributed by atoms with Crippen molar-refractivity contribution in [2.24, 2.45) is 5.84 Å². The Bertz CT molecular complexity index is 149. The molecule has 82 valence electrons. The van der Waals surface area contributed by atoms with Crippen LogP contribution in [0.15, 0.2) is 0 Å². The zero-order valence-electron chi connectivity index (χ0n) is 9.39. The van der Waals surface area contributed by atoms with Gasteiger partial charge in [-0.1, -0.05) is 45.4 Å². The molecule has 0 fully saturated rings. The molecule has 2 nitrogen and oxygen atoms in total. The summed E-state index contributed by atoms with van der Waals surface area (Å²) < 4.78 is 0. The van der Waals surface area contributed by atoms with E-state index in [9.17, 15) is 0 Å². The van der Waals surface area contributed by atoms with Gasteiger partial charge in [-0.3, -0.25) is 11.3 Å². The lowest BCUT2D eigenvalue weighted by Gasteiger charge is -2.11. The van der Waals surface area contributed by atoms with Crippen LogP contribution in [0.2, 0.25) is 0 Å². The molecule has 0 aromatic carbocycles. The molecule has 1 atom stereocenters. The van der Waals surface area contributed by atoms with Crippen molar-refractivity contribution in [2.75, 3.05) is 0 Å². The number of hydrogen-bond acceptors (Lipinski definition) is 2. The van der Waals surface area contributed by atoms with E-state index in [1.54, 1.807) is 0 Å². The normalized spacial score (nSPS) is 12.4. The van der Waals surface area contributed by atoms with Crippen LogP contribution in [-0.2, 0) is 0 Å². The molecule has 0 amide bonds. The summed E-state index contributed by atoms with van der Waals surface area (Å²) in [4.78, 5) is 0. The lowest BCUT2D eigenvalue weighted by Crippen LogP contribution is -2.34. The minimum absolute atomic E-state index is 0.311. The highest BCUT2D eigenvalue weighted by Gasteiger charge is 2.03. The fourth-order valence-corrected chi connectivity index (χ4v) is 1.56. The highest BCUT2D eigenvalue weighted by Crippen LogP contribution is 2.09. The van der Waals surface area contributed by atoms with E-state index in [2.05, 4.69) is 18.3 Å². The van der Waals surface area contributed by atoms with Crippen LogP contribution in [0.1, 0.15) is 58.3 Å². The van der Waals surface area contributed by atoms with Gasteiger partial charge in [-0.25, -0.2) is 0 Å². The Labute approximate surface area is 88.6 Å². The Kier molecular flexibility index (Phi) is 10.2. The van der Waals surface area contributed by atoms with Crippen molar-refractivity contribution in [3.63, 3.8) is 0 Å². The summed E-state index contributed by atoms with van der Waals surface area (Å²) >= 11 is 0. The molecule has 0 aliphatic carbocycles. The van der Waals surface area contributed by atoms with Crippen molar-refractivity contribution in [1.82, 2.24) is 5.43 Å². The third kappa shape index (κ3) is 8.10. The zero-order chi connectivity index (χ0) is 10.6. The first kappa shape index (κ1) is 13.5. The van der Waals surface area contributed by atoms with E-state index in [1.165, 1.54) is 38.5 Å². The van der Waals surface area contributed by atoms with Crippen molar-refractivity contribution >= 4 is 0 Å². The molecule has 3 N–H and O–H groups in total. The summed E-state index contributed by atoms with van der Waals surface area (Å²) in [6.45, 7) is 2.24. The molecule has 0 aromatic heterocycles. The number of nitrogens with two attached hydrogens (primary N) is 1. The second-order valence-electron chi connectivity index (χ2n) is 3.83. The van der Waals surface area contributed by atoms with Gasteiger partial charge in [0.1, 0.15) is 0 Å². The molecule has 14 heavy (non-hydrogen) atoms. The lowest BCUT2D eigenvalue weighted by molar-refractivity contribution is 0.469. The van der Waals surface area contributed by atoms with Crippen LogP contribution in [0, 0.1) is 12.3 Å². The Morgan fingerprint density at radius 1 is 1.21 bits per heavy atom. The highest BCUT2D eigenvalue weighted by molar-refractivity contribution is 4.88. The molecule has 0 spiro atoms. The molecule has 0 rings (SSSR count). The van der Waals surface area contributed by atoms with E-state index in [-0.39, 0.29) is 0 Å². The third-order valence-corrected chi connectivity index (χ3v) is 2.51. The Morgan fingerprint density at radius 2 is 1.86 bits per heavy atom. The van der Waals surface area contributed by atoms with Gasteiger partial charge in [0.25, 0.3) is 0 Å².